The van der Waals surface area contributed by atoms with Crippen molar-refractivity contribution in [3.8, 4) is 5.75 Å². The Balaban J connectivity index is 1.88. The molecule has 0 saturated heterocycles. The van der Waals surface area contributed by atoms with E-state index in [1.54, 1.807) is 7.05 Å². The monoisotopic (exact) mass is 337 g/mol. The molecule has 132 valence electrons. The minimum Gasteiger partial charge on any atom is -0.489 e. The number of ether oxygens (including phenoxy) is 1. The van der Waals surface area contributed by atoms with E-state index in [0.29, 0.717) is 18.9 Å². The number of benzene rings is 2. The predicted octanol–water partition coefficient (Wildman–Crippen LogP) is 4.36. The molecule has 1 amide bonds. The first-order valence-corrected chi connectivity index (χ1v) is 9.01. The Morgan fingerprint density at radius 1 is 1.12 bits per heavy atom. The lowest BCUT2D eigenvalue weighted by molar-refractivity contribution is -0.119. The van der Waals surface area contributed by atoms with Gasteiger partial charge in [0.2, 0.25) is 5.91 Å². The van der Waals surface area contributed by atoms with Crippen molar-refractivity contribution in [2.24, 2.45) is 0 Å². The van der Waals surface area contributed by atoms with Crippen LogP contribution in [0.1, 0.15) is 52.1 Å². The van der Waals surface area contributed by atoms with Crippen LogP contribution >= 0.6 is 0 Å². The molecule has 3 rings (SSSR count). The average Bonchev–Trinajstić information content (AvgIpc) is 3.42. The number of aryl methyl sites for hydroxylation is 3. The summed E-state index contributed by atoms with van der Waals surface area (Å²) in [7, 11) is 1.68. The molecule has 1 aliphatic carbocycles. The van der Waals surface area contributed by atoms with Gasteiger partial charge in [-0.25, -0.2) is 0 Å². The summed E-state index contributed by atoms with van der Waals surface area (Å²) in [6, 6.07) is 10.6. The van der Waals surface area contributed by atoms with Crippen molar-refractivity contribution < 1.29 is 9.53 Å². The second kappa shape index (κ2) is 7.30. The van der Waals surface area contributed by atoms with Crippen molar-refractivity contribution in [1.29, 1.82) is 0 Å². The Kier molecular flexibility index (Phi) is 5.12. The van der Waals surface area contributed by atoms with Gasteiger partial charge in [-0.3, -0.25) is 4.79 Å². The fraction of sp³-hybridized carbons (Fsp3) is 0.409. The van der Waals surface area contributed by atoms with Gasteiger partial charge >= 0.3 is 0 Å². The number of rotatable bonds is 6. The maximum absolute atomic E-state index is 11.9. The molecule has 0 spiro atoms. The molecule has 1 fully saturated rings. The van der Waals surface area contributed by atoms with Crippen LogP contribution in [0.5, 0.6) is 5.75 Å². The van der Waals surface area contributed by atoms with Gasteiger partial charge in [0, 0.05) is 7.05 Å². The molecule has 0 atom stereocenters. The summed E-state index contributed by atoms with van der Waals surface area (Å²) in [5.41, 5.74) is 7.28. The van der Waals surface area contributed by atoms with E-state index < -0.39 is 0 Å². The average molecular weight is 337 g/mol. The van der Waals surface area contributed by atoms with Crippen LogP contribution in [0, 0.1) is 20.8 Å². The smallest absolute Gasteiger partial charge is 0.224 e. The number of hydrogen-bond acceptors (Lipinski definition) is 2. The van der Waals surface area contributed by atoms with Gasteiger partial charge in [-0.15, -0.1) is 0 Å². The molecule has 3 heteroatoms. The van der Waals surface area contributed by atoms with Gasteiger partial charge in [0.15, 0.2) is 0 Å². The van der Waals surface area contributed by atoms with Crippen LogP contribution in [0.2, 0.25) is 0 Å². The zero-order valence-corrected chi connectivity index (χ0v) is 15.6. The summed E-state index contributed by atoms with van der Waals surface area (Å²) in [5, 5.41) is 2.72. The molecule has 2 aromatic rings. The first-order chi connectivity index (χ1) is 12.0. The Hall–Kier alpha value is -2.29. The van der Waals surface area contributed by atoms with Gasteiger partial charge < -0.3 is 10.1 Å². The molecular formula is C22H27NO2. The van der Waals surface area contributed by atoms with E-state index in [1.807, 2.05) is 6.07 Å². The standard InChI is InChI=1S/C22H27NO2/c1-14-10-16(3)21(11-15(14)2)25-13-20-18(12-22(24)23-4)6-5-7-19(20)17-8-9-17/h5-7,10-11,17H,8-9,12-13H2,1-4H3,(H,23,24). The number of amides is 1. The first kappa shape index (κ1) is 17.5. The van der Waals surface area contributed by atoms with E-state index >= 15 is 0 Å². The second-order valence-electron chi connectivity index (χ2n) is 7.10. The molecule has 1 N–H and O–H groups in total. The van der Waals surface area contributed by atoms with Crippen LogP contribution in [-0.2, 0) is 17.8 Å². The Morgan fingerprint density at radius 2 is 1.84 bits per heavy atom. The highest BCUT2D eigenvalue weighted by Gasteiger charge is 2.27. The normalized spacial score (nSPS) is 13.6. The van der Waals surface area contributed by atoms with E-state index in [0.717, 1.165) is 16.9 Å². The quantitative estimate of drug-likeness (QED) is 0.851. The minimum absolute atomic E-state index is 0.0385. The molecule has 1 aliphatic rings. The third-order valence-corrected chi connectivity index (χ3v) is 5.12. The van der Waals surface area contributed by atoms with Crippen molar-refractivity contribution in [2.45, 2.75) is 52.6 Å². The van der Waals surface area contributed by atoms with Gasteiger partial charge in [0.05, 0.1) is 6.42 Å². The largest absolute Gasteiger partial charge is 0.489 e. The molecular weight excluding hydrogens is 310 g/mol. The van der Waals surface area contributed by atoms with Crippen molar-refractivity contribution in [3.63, 3.8) is 0 Å². The molecule has 0 heterocycles. The molecule has 0 aliphatic heterocycles. The molecule has 2 aromatic carbocycles. The van der Waals surface area contributed by atoms with Crippen LogP contribution < -0.4 is 10.1 Å². The summed E-state index contributed by atoms with van der Waals surface area (Å²) in [6.07, 6.45) is 2.87. The first-order valence-electron chi connectivity index (χ1n) is 9.01. The molecule has 0 aromatic heterocycles. The molecule has 0 unspecified atom stereocenters. The molecule has 1 saturated carbocycles. The fourth-order valence-electron chi connectivity index (χ4n) is 3.27. The fourth-order valence-corrected chi connectivity index (χ4v) is 3.27. The van der Waals surface area contributed by atoms with E-state index in [4.69, 9.17) is 4.74 Å². The number of nitrogens with one attached hydrogen (secondary N) is 1. The number of hydrogen-bond donors (Lipinski definition) is 1. The lowest BCUT2D eigenvalue weighted by Gasteiger charge is -2.17. The molecule has 25 heavy (non-hydrogen) atoms. The Labute approximate surface area is 150 Å². The lowest BCUT2D eigenvalue weighted by atomic mass is 9.96. The van der Waals surface area contributed by atoms with E-state index in [-0.39, 0.29) is 5.91 Å². The molecule has 3 nitrogen and oxygen atoms in total. The Morgan fingerprint density at radius 3 is 2.52 bits per heavy atom. The summed E-state index contributed by atoms with van der Waals surface area (Å²) in [5.74, 6) is 1.60. The Bertz CT molecular complexity index is 791. The maximum atomic E-state index is 11.9. The van der Waals surface area contributed by atoms with Crippen molar-refractivity contribution in [1.82, 2.24) is 5.32 Å². The van der Waals surface area contributed by atoms with Crippen molar-refractivity contribution >= 4 is 5.91 Å². The highest BCUT2D eigenvalue weighted by atomic mass is 16.5. The van der Waals surface area contributed by atoms with Crippen molar-refractivity contribution in [2.75, 3.05) is 7.05 Å². The minimum atomic E-state index is 0.0385. The van der Waals surface area contributed by atoms with Crippen LogP contribution in [0.4, 0.5) is 0 Å². The van der Waals surface area contributed by atoms with E-state index in [9.17, 15) is 4.79 Å². The van der Waals surface area contributed by atoms with E-state index in [1.165, 1.54) is 35.1 Å². The number of likely N-dealkylation sites (N-methyl/N-ethyl adjacent to an activating group) is 1. The zero-order valence-electron chi connectivity index (χ0n) is 15.6. The van der Waals surface area contributed by atoms with E-state index in [2.05, 4.69) is 50.4 Å². The van der Waals surface area contributed by atoms with Crippen molar-refractivity contribution in [3.05, 3.63) is 63.7 Å². The number of carbonyl (C=O) groups is 1. The van der Waals surface area contributed by atoms with Gasteiger partial charge in [-0.2, -0.15) is 0 Å². The zero-order chi connectivity index (χ0) is 18.0. The summed E-state index contributed by atoms with van der Waals surface area (Å²) in [6.45, 7) is 6.83. The predicted molar refractivity (Wildman–Crippen MR) is 101 cm³/mol. The van der Waals surface area contributed by atoms with Crippen LogP contribution in [-0.4, -0.2) is 13.0 Å². The van der Waals surface area contributed by atoms with Crippen LogP contribution in [0.3, 0.4) is 0 Å². The summed E-state index contributed by atoms with van der Waals surface area (Å²) < 4.78 is 6.20. The third-order valence-electron chi connectivity index (χ3n) is 5.12. The lowest BCUT2D eigenvalue weighted by Crippen LogP contribution is -2.21. The van der Waals surface area contributed by atoms with Gasteiger partial charge in [0.25, 0.3) is 0 Å². The van der Waals surface area contributed by atoms with Gasteiger partial charge in [0.1, 0.15) is 12.4 Å². The summed E-state index contributed by atoms with van der Waals surface area (Å²) in [4.78, 5) is 11.9. The third kappa shape index (κ3) is 4.04. The van der Waals surface area contributed by atoms with Crippen LogP contribution in [0.15, 0.2) is 30.3 Å². The maximum Gasteiger partial charge on any atom is 0.224 e. The van der Waals surface area contributed by atoms with Gasteiger partial charge in [-0.1, -0.05) is 24.3 Å². The molecule has 0 bridgehead atoms. The SMILES string of the molecule is CNC(=O)Cc1cccc(C2CC2)c1COc1cc(C)c(C)cc1C. The van der Waals surface area contributed by atoms with Gasteiger partial charge in [-0.05, 0) is 79.0 Å². The topological polar surface area (TPSA) is 38.3 Å². The highest BCUT2D eigenvalue weighted by molar-refractivity contribution is 5.78. The number of carbonyl (C=O) groups excluding carboxylic acids is 1. The van der Waals surface area contributed by atoms with Crippen LogP contribution in [0.25, 0.3) is 0 Å². The summed E-state index contributed by atoms with van der Waals surface area (Å²) >= 11 is 0. The highest BCUT2D eigenvalue weighted by Crippen LogP contribution is 2.42. The molecule has 0 radical (unpaired) electrons. The second-order valence-corrected chi connectivity index (χ2v) is 7.10.